The SMILES string of the molecule is O=C(c1ccc(-c2ccccc2F)o1)N1CCN(S(=O)(=O)c2ccc(Cl)s2)CC1. The van der Waals surface area contributed by atoms with E-state index in [9.17, 15) is 17.6 Å². The van der Waals surface area contributed by atoms with Crippen LogP contribution in [0, 0.1) is 5.82 Å². The predicted molar refractivity (Wildman–Crippen MR) is 108 cm³/mol. The molecule has 3 aromatic rings. The lowest BCUT2D eigenvalue weighted by atomic mass is 10.1. The molecule has 0 atom stereocenters. The summed E-state index contributed by atoms with van der Waals surface area (Å²) in [6.45, 7) is 0.800. The van der Waals surface area contributed by atoms with Crippen LogP contribution in [0.5, 0.6) is 0 Å². The van der Waals surface area contributed by atoms with E-state index in [4.69, 9.17) is 16.0 Å². The number of rotatable bonds is 4. The van der Waals surface area contributed by atoms with Crippen molar-refractivity contribution in [1.29, 1.82) is 0 Å². The van der Waals surface area contributed by atoms with Gasteiger partial charge in [0.1, 0.15) is 15.8 Å². The number of sulfonamides is 1. The molecule has 1 aliphatic heterocycles. The highest BCUT2D eigenvalue weighted by Gasteiger charge is 2.32. The van der Waals surface area contributed by atoms with Crippen LogP contribution in [-0.2, 0) is 10.0 Å². The van der Waals surface area contributed by atoms with Crippen molar-refractivity contribution in [3.05, 3.63) is 64.4 Å². The van der Waals surface area contributed by atoms with E-state index in [1.54, 1.807) is 30.3 Å². The van der Waals surface area contributed by atoms with E-state index < -0.39 is 15.8 Å². The van der Waals surface area contributed by atoms with Crippen molar-refractivity contribution in [3.63, 3.8) is 0 Å². The molecule has 29 heavy (non-hydrogen) atoms. The molecule has 0 saturated carbocycles. The summed E-state index contributed by atoms with van der Waals surface area (Å²) >= 11 is 6.85. The Morgan fingerprint density at radius 3 is 2.41 bits per heavy atom. The van der Waals surface area contributed by atoms with Gasteiger partial charge >= 0.3 is 0 Å². The number of hydrogen-bond donors (Lipinski definition) is 0. The van der Waals surface area contributed by atoms with E-state index in [1.807, 2.05) is 0 Å². The Morgan fingerprint density at radius 2 is 1.76 bits per heavy atom. The summed E-state index contributed by atoms with van der Waals surface area (Å²) in [5.74, 6) is -0.441. The highest BCUT2D eigenvalue weighted by molar-refractivity contribution is 7.91. The lowest BCUT2D eigenvalue weighted by Gasteiger charge is -2.33. The summed E-state index contributed by atoms with van der Waals surface area (Å²) in [5.41, 5.74) is 0.275. The molecule has 1 aromatic carbocycles. The van der Waals surface area contributed by atoms with Crippen LogP contribution in [0.15, 0.2) is 57.2 Å². The van der Waals surface area contributed by atoms with Gasteiger partial charge in [-0.3, -0.25) is 4.79 Å². The molecule has 152 valence electrons. The molecule has 0 radical (unpaired) electrons. The van der Waals surface area contributed by atoms with E-state index in [0.29, 0.717) is 4.34 Å². The highest BCUT2D eigenvalue weighted by atomic mass is 35.5. The van der Waals surface area contributed by atoms with Gasteiger partial charge in [-0.25, -0.2) is 12.8 Å². The van der Waals surface area contributed by atoms with Crippen molar-refractivity contribution in [2.24, 2.45) is 0 Å². The Balaban J connectivity index is 1.44. The number of carbonyl (C=O) groups is 1. The number of piperazine rings is 1. The third kappa shape index (κ3) is 3.95. The third-order valence-corrected chi connectivity index (χ3v) is 8.22. The number of halogens is 2. The van der Waals surface area contributed by atoms with Gasteiger partial charge < -0.3 is 9.32 Å². The van der Waals surface area contributed by atoms with Gasteiger partial charge in [0, 0.05) is 26.2 Å². The molecule has 1 fully saturated rings. The average Bonchev–Trinajstić information content (AvgIpc) is 3.38. The minimum Gasteiger partial charge on any atom is -0.451 e. The minimum atomic E-state index is -3.63. The Labute approximate surface area is 176 Å². The summed E-state index contributed by atoms with van der Waals surface area (Å²) in [6.07, 6.45) is 0. The largest absolute Gasteiger partial charge is 0.451 e. The smallest absolute Gasteiger partial charge is 0.289 e. The maximum Gasteiger partial charge on any atom is 0.289 e. The zero-order valence-electron chi connectivity index (χ0n) is 15.0. The summed E-state index contributed by atoms with van der Waals surface area (Å²) in [4.78, 5) is 14.2. The molecule has 0 bridgehead atoms. The molecule has 3 heterocycles. The van der Waals surface area contributed by atoms with E-state index in [0.717, 1.165) is 11.3 Å². The molecule has 0 spiro atoms. The zero-order chi connectivity index (χ0) is 20.6. The van der Waals surface area contributed by atoms with Crippen LogP contribution < -0.4 is 0 Å². The van der Waals surface area contributed by atoms with Crippen molar-refractivity contribution in [2.75, 3.05) is 26.2 Å². The molecule has 0 unspecified atom stereocenters. The van der Waals surface area contributed by atoms with Gasteiger partial charge in [-0.1, -0.05) is 23.7 Å². The van der Waals surface area contributed by atoms with Gasteiger partial charge in [0.05, 0.1) is 9.90 Å². The maximum atomic E-state index is 13.9. The Hall–Kier alpha value is -2.20. The fourth-order valence-corrected chi connectivity index (χ4v) is 6.17. The summed E-state index contributed by atoms with van der Waals surface area (Å²) in [7, 11) is -3.63. The molecule has 4 rings (SSSR count). The van der Waals surface area contributed by atoms with Crippen molar-refractivity contribution >= 4 is 38.9 Å². The van der Waals surface area contributed by atoms with Crippen molar-refractivity contribution < 1.29 is 22.0 Å². The number of benzene rings is 1. The lowest BCUT2D eigenvalue weighted by molar-refractivity contribution is 0.0667. The van der Waals surface area contributed by atoms with E-state index in [-0.39, 0.29) is 53.4 Å². The maximum absolute atomic E-state index is 13.9. The van der Waals surface area contributed by atoms with Crippen LogP contribution in [0.4, 0.5) is 4.39 Å². The second kappa shape index (κ2) is 7.91. The predicted octanol–water partition coefficient (Wildman–Crippen LogP) is 3.95. The first-order valence-electron chi connectivity index (χ1n) is 8.76. The molecule has 0 aliphatic carbocycles. The normalized spacial score (nSPS) is 15.6. The Bertz CT molecular complexity index is 1150. The fraction of sp³-hybridized carbons (Fsp3) is 0.211. The lowest BCUT2D eigenvalue weighted by Crippen LogP contribution is -2.50. The van der Waals surface area contributed by atoms with Crippen molar-refractivity contribution in [3.8, 4) is 11.3 Å². The van der Waals surface area contributed by atoms with Gasteiger partial charge in [0.15, 0.2) is 5.76 Å². The van der Waals surface area contributed by atoms with Crippen LogP contribution in [0.2, 0.25) is 4.34 Å². The van der Waals surface area contributed by atoms with E-state index >= 15 is 0 Å². The summed E-state index contributed by atoms with van der Waals surface area (Å²) in [5, 5.41) is 0. The van der Waals surface area contributed by atoms with Gasteiger partial charge in [-0.05, 0) is 36.4 Å². The quantitative estimate of drug-likeness (QED) is 0.598. The second-order valence-electron chi connectivity index (χ2n) is 6.40. The third-order valence-electron chi connectivity index (χ3n) is 4.62. The number of hydrogen-bond acceptors (Lipinski definition) is 5. The summed E-state index contributed by atoms with van der Waals surface area (Å²) in [6, 6.07) is 12.2. The van der Waals surface area contributed by atoms with Crippen LogP contribution >= 0.6 is 22.9 Å². The number of thiophene rings is 1. The van der Waals surface area contributed by atoms with E-state index in [2.05, 4.69) is 0 Å². The van der Waals surface area contributed by atoms with Gasteiger partial charge in [0.2, 0.25) is 0 Å². The van der Waals surface area contributed by atoms with Crippen LogP contribution in [-0.4, -0.2) is 49.7 Å². The number of furan rings is 1. The number of amides is 1. The molecule has 0 N–H and O–H groups in total. The highest BCUT2D eigenvalue weighted by Crippen LogP contribution is 2.29. The minimum absolute atomic E-state index is 0.0876. The van der Waals surface area contributed by atoms with E-state index in [1.165, 1.54) is 27.4 Å². The first-order valence-corrected chi connectivity index (χ1v) is 11.4. The molecular weight excluding hydrogens is 439 g/mol. The van der Waals surface area contributed by atoms with Crippen molar-refractivity contribution in [1.82, 2.24) is 9.21 Å². The molecule has 2 aromatic heterocycles. The molecule has 1 saturated heterocycles. The average molecular weight is 455 g/mol. The Kier molecular flexibility index (Phi) is 5.48. The monoisotopic (exact) mass is 454 g/mol. The molecule has 1 aliphatic rings. The van der Waals surface area contributed by atoms with Crippen LogP contribution in [0.1, 0.15) is 10.6 Å². The molecular formula is C19H16ClFN2O4S2. The van der Waals surface area contributed by atoms with Gasteiger partial charge in [0.25, 0.3) is 15.9 Å². The van der Waals surface area contributed by atoms with Gasteiger partial charge in [-0.15, -0.1) is 11.3 Å². The molecule has 1 amide bonds. The van der Waals surface area contributed by atoms with Crippen LogP contribution in [0.3, 0.4) is 0 Å². The second-order valence-corrected chi connectivity index (χ2v) is 10.3. The van der Waals surface area contributed by atoms with Crippen molar-refractivity contribution in [2.45, 2.75) is 4.21 Å². The first-order chi connectivity index (χ1) is 13.9. The fourth-order valence-electron chi connectivity index (χ4n) is 3.11. The Morgan fingerprint density at radius 1 is 1.03 bits per heavy atom. The standard InChI is InChI=1S/C19H16ClFN2O4S2/c20-17-7-8-18(28-17)29(25,26)23-11-9-22(10-12-23)19(24)16-6-5-15(27-16)13-3-1-2-4-14(13)21/h1-8H,9-12H2. The number of carbonyl (C=O) groups excluding carboxylic acids is 1. The topological polar surface area (TPSA) is 70.8 Å². The van der Waals surface area contributed by atoms with Crippen LogP contribution in [0.25, 0.3) is 11.3 Å². The molecule has 6 nitrogen and oxygen atoms in total. The summed E-state index contributed by atoms with van der Waals surface area (Å²) < 4.78 is 46.7. The van der Waals surface area contributed by atoms with Gasteiger partial charge in [-0.2, -0.15) is 4.31 Å². The zero-order valence-corrected chi connectivity index (χ0v) is 17.4. The number of nitrogens with zero attached hydrogens (tertiary/aromatic N) is 2. The first kappa shape index (κ1) is 20.1. The molecule has 10 heteroatoms.